The van der Waals surface area contributed by atoms with Gasteiger partial charge >= 0.3 is 0 Å². The van der Waals surface area contributed by atoms with Gasteiger partial charge in [0.15, 0.2) is 5.84 Å². The molecule has 0 radical (unpaired) electrons. The minimum atomic E-state index is 0.149. The Kier molecular flexibility index (Phi) is 9.91. The van der Waals surface area contributed by atoms with E-state index in [4.69, 9.17) is 32.3 Å². The third-order valence-electron chi connectivity index (χ3n) is 2.45. The van der Waals surface area contributed by atoms with Crippen LogP contribution in [0.25, 0.3) is 0 Å². The van der Waals surface area contributed by atoms with E-state index in [0.717, 1.165) is 6.42 Å². The highest BCUT2D eigenvalue weighted by atomic mass is 16.5. The van der Waals surface area contributed by atoms with E-state index in [1.165, 1.54) is 0 Å². The number of nitrogens with zero attached hydrogens (tertiary/aromatic N) is 4. The van der Waals surface area contributed by atoms with E-state index in [1.807, 2.05) is 5.48 Å². The Balaban J connectivity index is 0.000000382. The van der Waals surface area contributed by atoms with Gasteiger partial charge in [-0.25, -0.2) is 4.99 Å². The zero-order valence-electron chi connectivity index (χ0n) is 11.5. The number of hydrogen-bond acceptors (Lipinski definition) is 8. The van der Waals surface area contributed by atoms with Crippen LogP contribution in [0.5, 0.6) is 0 Å². The zero-order chi connectivity index (χ0) is 16.1. The molecule has 0 aromatic carbocycles. The minimum Gasteiger partial charge on any atom is -0.409 e. The lowest BCUT2D eigenvalue weighted by molar-refractivity contribution is 0.231. The van der Waals surface area contributed by atoms with E-state index >= 15 is 0 Å². The monoisotopic (exact) mass is 303 g/mol. The van der Waals surface area contributed by atoms with Crippen LogP contribution in [0.15, 0.2) is 20.5 Å². The van der Waals surface area contributed by atoms with E-state index in [0.29, 0.717) is 43.8 Å². The molecule has 0 spiro atoms. The molecule has 0 saturated carbocycles. The third-order valence-corrected chi connectivity index (χ3v) is 2.45. The lowest BCUT2D eigenvalue weighted by Crippen LogP contribution is -2.23. The van der Waals surface area contributed by atoms with Gasteiger partial charge in [0.25, 0.3) is 0 Å². The van der Waals surface area contributed by atoms with E-state index in [2.05, 4.69) is 20.5 Å². The van der Waals surface area contributed by atoms with Gasteiger partial charge in [-0.2, -0.15) is 0 Å². The number of amidine groups is 4. The number of hydroxylamine groups is 1. The number of nitrogens with one attached hydrogen (secondary N) is 1. The summed E-state index contributed by atoms with van der Waals surface area (Å²) in [5.41, 5.74) is 12.2. The van der Waals surface area contributed by atoms with Gasteiger partial charge in [0, 0.05) is 25.7 Å². The van der Waals surface area contributed by atoms with Crippen molar-refractivity contribution < 1.29 is 20.8 Å². The minimum absolute atomic E-state index is 0.149. The molecule has 0 aromatic heterocycles. The molecule has 11 heteroatoms. The molecular weight excluding hydrogens is 282 g/mol. The van der Waals surface area contributed by atoms with Crippen LogP contribution in [-0.2, 0) is 0 Å². The SMILES string of the molecule is N/C(CCC/C(N)=N/O)=N\O.O/N=C1/CCCC(NO)=N1. The average Bonchev–Trinajstić information content (AvgIpc) is 2.54. The average molecular weight is 303 g/mol. The molecule has 0 aromatic rings. The quantitative estimate of drug-likeness (QED) is 0.164. The summed E-state index contributed by atoms with van der Waals surface area (Å²) in [4.78, 5) is 3.77. The molecule has 1 aliphatic heterocycles. The largest absolute Gasteiger partial charge is 0.409 e. The Morgan fingerprint density at radius 1 is 1.10 bits per heavy atom. The maximum Gasteiger partial charge on any atom is 0.169 e. The summed E-state index contributed by atoms with van der Waals surface area (Å²) in [6, 6.07) is 0. The van der Waals surface area contributed by atoms with Crippen LogP contribution in [0, 0.1) is 0 Å². The molecule has 0 aliphatic carbocycles. The first-order chi connectivity index (χ1) is 10.1. The van der Waals surface area contributed by atoms with Gasteiger partial charge in [-0.3, -0.25) is 10.7 Å². The molecule has 0 unspecified atom stereocenters. The van der Waals surface area contributed by atoms with Crippen molar-refractivity contribution in [3.63, 3.8) is 0 Å². The van der Waals surface area contributed by atoms with Crippen molar-refractivity contribution in [3.8, 4) is 0 Å². The number of oxime groups is 3. The van der Waals surface area contributed by atoms with Crippen LogP contribution in [0.1, 0.15) is 38.5 Å². The molecule has 0 saturated heterocycles. The maximum atomic E-state index is 8.39. The zero-order valence-corrected chi connectivity index (χ0v) is 11.5. The van der Waals surface area contributed by atoms with Gasteiger partial charge in [0.1, 0.15) is 17.5 Å². The fraction of sp³-hybridized carbons (Fsp3) is 0.600. The molecule has 0 fully saturated rings. The normalized spacial score (nSPS) is 17.8. The lowest BCUT2D eigenvalue weighted by atomic mass is 10.2. The topological polar surface area (TPSA) is 194 Å². The molecule has 0 amide bonds. The second-order valence-electron chi connectivity index (χ2n) is 4.08. The van der Waals surface area contributed by atoms with Gasteiger partial charge < -0.3 is 27.1 Å². The number of nitrogens with two attached hydrogens (primary N) is 2. The Morgan fingerprint density at radius 2 is 1.67 bits per heavy atom. The van der Waals surface area contributed by atoms with Crippen LogP contribution in [-0.4, -0.2) is 44.2 Å². The summed E-state index contributed by atoms with van der Waals surface area (Å²) in [5, 5.41) is 41.3. The molecule has 11 nitrogen and oxygen atoms in total. The first kappa shape index (κ1) is 18.4. The second-order valence-corrected chi connectivity index (χ2v) is 4.08. The molecule has 9 N–H and O–H groups in total. The van der Waals surface area contributed by atoms with Gasteiger partial charge in [-0.1, -0.05) is 15.5 Å². The van der Waals surface area contributed by atoms with Gasteiger partial charge in [0.2, 0.25) is 0 Å². The summed E-state index contributed by atoms with van der Waals surface area (Å²) < 4.78 is 0. The first-order valence-corrected chi connectivity index (χ1v) is 6.18. The predicted octanol–water partition coefficient (Wildman–Crippen LogP) is -0.0152. The molecule has 21 heavy (non-hydrogen) atoms. The predicted molar refractivity (Wildman–Crippen MR) is 76.1 cm³/mol. The maximum absolute atomic E-state index is 8.39. The van der Waals surface area contributed by atoms with Crippen LogP contribution in [0.3, 0.4) is 0 Å². The molecule has 0 atom stereocenters. The van der Waals surface area contributed by atoms with Crippen LogP contribution in [0.4, 0.5) is 0 Å². The summed E-state index contributed by atoms with van der Waals surface area (Å²) in [6.07, 6.45) is 3.70. The summed E-state index contributed by atoms with van der Waals surface area (Å²) in [5.74, 6) is 1.12. The van der Waals surface area contributed by atoms with Crippen LogP contribution in [0.2, 0.25) is 0 Å². The molecular formula is C10H21N7O4. The smallest absolute Gasteiger partial charge is 0.169 e. The van der Waals surface area contributed by atoms with Crippen molar-refractivity contribution in [1.29, 1.82) is 0 Å². The van der Waals surface area contributed by atoms with Crippen LogP contribution >= 0.6 is 0 Å². The third kappa shape index (κ3) is 9.04. The van der Waals surface area contributed by atoms with Crippen molar-refractivity contribution in [2.45, 2.75) is 38.5 Å². The fourth-order valence-electron chi connectivity index (χ4n) is 1.39. The Labute approximate surface area is 121 Å². The van der Waals surface area contributed by atoms with Crippen molar-refractivity contribution in [2.24, 2.45) is 31.9 Å². The van der Waals surface area contributed by atoms with E-state index in [-0.39, 0.29) is 11.7 Å². The Hall–Kier alpha value is -2.56. The van der Waals surface area contributed by atoms with Crippen molar-refractivity contribution >= 4 is 23.3 Å². The second kappa shape index (κ2) is 11.3. The Bertz CT molecular complexity index is 402. The van der Waals surface area contributed by atoms with E-state index in [9.17, 15) is 0 Å². The first-order valence-electron chi connectivity index (χ1n) is 6.18. The Morgan fingerprint density at radius 3 is 2.10 bits per heavy atom. The standard InChI is InChI=1S/C5H12N4O2.C5H9N3O2/c6-4(8-10)2-1-3-5(7)9-11;9-7-4-2-1-3-5(6-4)8-10/h10-11H,1-3H2,(H2,6,8)(H2,7,9);9-10H,1-3H2,(H,6,7,8). The van der Waals surface area contributed by atoms with E-state index in [1.54, 1.807) is 0 Å². The van der Waals surface area contributed by atoms with Gasteiger partial charge in [-0.05, 0) is 12.8 Å². The van der Waals surface area contributed by atoms with Crippen molar-refractivity contribution in [2.75, 3.05) is 0 Å². The number of aliphatic imine (C=N–C) groups is 1. The molecule has 1 rings (SSSR count). The molecule has 1 heterocycles. The molecule has 0 bridgehead atoms. The summed E-state index contributed by atoms with van der Waals surface area (Å²) >= 11 is 0. The highest BCUT2D eigenvalue weighted by Crippen LogP contribution is 2.06. The summed E-state index contributed by atoms with van der Waals surface area (Å²) in [7, 11) is 0. The van der Waals surface area contributed by atoms with Crippen molar-refractivity contribution in [1.82, 2.24) is 5.48 Å². The van der Waals surface area contributed by atoms with Crippen molar-refractivity contribution in [3.05, 3.63) is 0 Å². The van der Waals surface area contributed by atoms with Gasteiger partial charge in [-0.15, -0.1) is 0 Å². The highest BCUT2D eigenvalue weighted by molar-refractivity contribution is 5.98. The highest BCUT2D eigenvalue weighted by Gasteiger charge is 2.08. The number of hydrogen-bond donors (Lipinski definition) is 7. The molecule has 1 aliphatic rings. The lowest BCUT2D eigenvalue weighted by Gasteiger charge is -2.09. The van der Waals surface area contributed by atoms with Crippen LogP contribution < -0.4 is 16.9 Å². The summed E-state index contributed by atoms with van der Waals surface area (Å²) in [6.45, 7) is 0. The van der Waals surface area contributed by atoms with Gasteiger partial charge in [0.05, 0.1) is 0 Å². The fourth-order valence-corrected chi connectivity index (χ4v) is 1.39. The van der Waals surface area contributed by atoms with E-state index < -0.39 is 0 Å². The number of rotatable bonds is 4. The molecule has 120 valence electrons.